The van der Waals surface area contributed by atoms with Gasteiger partial charge in [-0.15, -0.1) is 0 Å². The fourth-order valence-corrected chi connectivity index (χ4v) is 2.93. The highest BCUT2D eigenvalue weighted by Gasteiger charge is 2.38. The van der Waals surface area contributed by atoms with E-state index < -0.39 is 38.1 Å². The van der Waals surface area contributed by atoms with Crippen molar-refractivity contribution in [3.05, 3.63) is 29.8 Å². The van der Waals surface area contributed by atoms with Crippen molar-refractivity contribution in [2.75, 3.05) is 0 Å². The molecule has 0 heterocycles. The molecular formula is C11H13F2NO4S. The summed E-state index contributed by atoms with van der Waals surface area (Å²) in [7, 11) is -4.62. The van der Waals surface area contributed by atoms with Gasteiger partial charge in [0.15, 0.2) is 4.90 Å². The number of nitrogens with one attached hydrogen (secondary N) is 1. The minimum Gasteiger partial charge on any atom is -0.480 e. The molecule has 0 saturated heterocycles. The first-order chi connectivity index (χ1) is 8.64. The van der Waals surface area contributed by atoms with E-state index in [-0.39, 0.29) is 6.42 Å². The van der Waals surface area contributed by atoms with Crippen LogP contribution in [0.25, 0.3) is 0 Å². The first-order valence-electron chi connectivity index (χ1n) is 5.35. The molecule has 8 heteroatoms. The van der Waals surface area contributed by atoms with Gasteiger partial charge >= 0.3 is 5.97 Å². The Morgan fingerprint density at radius 2 is 1.84 bits per heavy atom. The molecule has 0 aliphatic carbocycles. The van der Waals surface area contributed by atoms with Crippen molar-refractivity contribution in [1.82, 2.24) is 4.72 Å². The Morgan fingerprint density at radius 1 is 1.37 bits per heavy atom. The molecule has 1 rings (SSSR count). The van der Waals surface area contributed by atoms with Crippen LogP contribution in [0.5, 0.6) is 0 Å². The van der Waals surface area contributed by atoms with Gasteiger partial charge in [0, 0.05) is 0 Å². The maximum Gasteiger partial charge on any atom is 0.324 e. The summed E-state index contributed by atoms with van der Waals surface area (Å²) in [6, 6.07) is 2.57. The first kappa shape index (κ1) is 15.5. The van der Waals surface area contributed by atoms with E-state index in [9.17, 15) is 22.0 Å². The van der Waals surface area contributed by atoms with Crippen molar-refractivity contribution in [1.29, 1.82) is 0 Å². The van der Waals surface area contributed by atoms with Crippen LogP contribution < -0.4 is 4.72 Å². The van der Waals surface area contributed by atoms with Gasteiger partial charge < -0.3 is 5.11 Å². The van der Waals surface area contributed by atoms with Crippen LogP contribution in [0.4, 0.5) is 8.78 Å². The maximum atomic E-state index is 13.4. The Labute approximate surface area is 109 Å². The molecule has 0 amide bonds. The summed E-state index contributed by atoms with van der Waals surface area (Å²) in [4.78, 5) is 9.83. The second-order valence-electron chi connectivity index (χ2n) is 4.15. The molecular weight excluding hydrogens is 280 g/mol. The minimum atomic E-state index is -4.62. The Hall–Kier alpha value is -1.54. The lowest BCUT2D eigenvalue weighted by atomic mass is 10.0. The van der Waals surface area contributed by atoms with Gasteiger partial charge in [0.25, 0.3) is 0 Å². The third-order valence-electron chi connectivity index (χ3n) is 2.73. The highest BCUT2D eigenvalue weighted by atomic mass is 32.2. The van der Waals surface area contributed by atoms with E-state index in [4.69, 9.17) is 5.11 Å². The molecule has 1 unspecified atom stereocenters. The van der Waals surface area contributed by atoms with Crippen LogP contribution in [0.15, 0.2) is 23.1 Å². The number of hydrogen-bond acceptors (Lipinski definition) is 3. The quantitative estimate of drug-likeness (QED) is 0.861. The van der Waals surface area contributed by atoms with Crippen LogP contribution in [-0.4, -0.2) is 25.0 Å². The van der Waals surface area contributed by atoms with E-state index in [1.165, 1.54) is 6.92 Å². The maximum absolute atomic E-state index is 13.4. The van der Waals surface area contributed by atoms with E-state index >= 15 is 0 Å². The number of halogens is 2. The minimum absolute atomic E-state index is 0.0857. The third kappa shape index (κ3) is 3.07. The number of carboxylic acids is 1. The standard InChI is InChI=1S/C11H13F2NO4S/c1-3-11(2,10(15)16)14-19(17,18)9-7(12)5-4-6-8(9)13/h4-6,14H,3H2,1-2H3,(H,15,16). The fourth-order valence-electron chi connectivity index (χ4n) is 1.35. The highest BCUT2D eigenvalue weighted by molar-refractivity contribution is 7.89. The molecule has 0 aromatic heterocycles. The van der Waals surface area contributed by atoms with E-state index in [1.54, 1.807) is 0 Å². The predicted molar refractivity (Wildman–Crippen MR) is 63.0 cm³/mol. The molecule has 106 valence electrons. The van der Waals surface area contributed by atoms with E-state index in [0.717, 1.165) is 25.1 Å². The molecule has 0 spiro atoms. The third-order valence-corrected chi connectivity index (χ3v) is 4.37. The van der Waals surface area contributed by atoms with E-state index in [0.29, 0.717) is 0 Å². The van der Waals surface area contributed by atoms with E-state index in [2.05, 4.69) is 0 Å². The van der Waals surface area contributed by atoms with E-state index in [1.807, 2.05) is 4.72 Å². The molecule has 0 bridgehead atoms. The summed E-state index contributed by atoms with van der Waals surface area (Å²) in [5, 5.41) is 8.97. The summed E-state index contributed by atoms with van der Waals surface area (Å²) < 4.78 is 52.4. The van der Waals surface area contributed by atoms with Crippen LogP contribution >= 0.6 is 0 Å². The van der Waals surface area contributed by atoms with Crippen molar-refractivity contribution in [3.63, 3.8) is 0 Å². The Kier molecular flexibility index (Phi) is 4.26. The summed E-state index contributed by atoms with van der Waals surface area (Å²) in [6.07, 6.45) is -0.0857. The molecule has 0 fully saturated rings. The van der Waals surface area contributed by atoms with Gasteiger partial charge in [-0.1, -0.05) is 13.0 Å². The average molecular weight is 293 g/mol. The molecule has 0 aliphatic rings. The molecule has 2 N–H and O–H groups in total. The fraction of sp³-hybridized carbons (Fsp3) is 0.364. The van der Waals surface area contributed by atoms with Gasteiger partial charge in [0.2, 0.25) is 10.0 Å². The number of rotatable bonds is 5. The second kappa shape index (κ2) is 5.22. The van der Waals surface area contributed by atoms with Crippen LogP contribution in [0.2, 0.25) is 0 Å². The van der Waals surface area contributed by atoms with Crippen LogP contribution in [-0.2, 0) is 14.8 Å². The lowest BCUT2D eigenvalue weighted by molar-refractivity contribution is -0.143. The van der Waals surface area contributed by atoms with Crippen molar-refractivity contribution in [2.24, 2.45) is 0 Å². The van der Waals surface area contributed by atoms with Crippen LogP contribution in [0.1, 0.15) is 20.3 Å². The summed E-state index contributed by atoms with van der Waals surface area (Å²) >= 11 is 0. The zero-order valence-electron chi connectivity index (χ0n) is 10.3. The van der Waals surface area contributed by atoms with Crippen molar-refractivity contribution < 1.29 is 27.1 Å². The zero-order valence-corrected chi connectivity index (χ0v) is 11.1. The van der Waals surface area contributed by atoms with Crippen molar-refractivity contribution in [3.8, 4) is 0 Å². The number of sulfonamides is 1. The Bertz CT molecular complexity index is 582. The Morgan fingerprint density at radius 3 is 2.21 bits per heavy atom. The summed E-state index contributed by atoms with van der Waals surface area (Å²) in [6.45, 7) is 2.56. The molecule has 1 aromatic carbocycles. The average Bonchev–Trinajstić information content (AvgIpc) is 2.27. The summed E-state index contributed by atoms with van der Waals surface area (Å²) in [5.41, 5.74) is -1.84. The van der Waals surface area contributed by atoms with Crippen LogP contribution in [0, 0.1) is 11.6 Å². The van der Waals surface area contributed by atoms with Crippen molar-refractivity contribution in [2.45, 2.75) is 30.7 Å². The molecule has 0 aliphatic heterocycles. The van der Waals surface area contributed by atoms with Crippen molar-refractivity contribution >= 4 is 16.0 Å². The zero-order chi connectivity index (χ0) is 14.8. The van der Waals surface area contributed by atoms with Gasteiger partial charge in [-0.2, -0.15) is 4.72 Å². The van der Waals surface area contributed by atoms with Gasteiger partial charge in [0.1, 0.15) is 17.2 Å². The first-order valence-corrected chi connectivity index (χ1v) is 6.84. The number of aliphatic carboxylic acids is 1. The smallest absolute Gasteiger partial charge is 0.324 e. The molecule has 5 nitrogen and oxygen atoms in total. The molecule has 0 radical (unpaired) electrons. The summed E-state index contributed by atoms with van der Waals surface area (Å²) in [5.74, 6) is -4.00. The lowest BCUT2D eigenvalue weighted by Crippen LogP contribution is -2.51. The number of carboxylic acid groups (broad SMARTS) is 1. The van der Waals surface area contributed by atoms with Crippen LogP contribution in [0.3, 0.4) is 0 Å². The monoisotopic (exact) mass is 293 g/mol. The number of carbonyl (C=O) groups is 1. The second-order valence-corrected chi connectivity index (χ2v) is 5.77. The van der Waals surface area contributed by atoms with Gasteiger partial charge in [-0.3, -0.25) is 4.79 Å². The number of benzene rings is 1. The Balaban J connectivity index is 3.30. The molecule has 0 saturated carbocycles. The predicted octanol–water partition coefficient (Wildman–Crippen LogP) is 1.50. The largest absolute Gasteiger partial charge is 0.480 e. The normalized spacial score (nSPS) is 14.9. The van der Waals surface area contributed by atoms with Gasteiger partial charge in [0.05, 0.1) is 0 Å². The number of hydrogen-bond donors (Lipinski definition) is 2. The highest BCUT2D eigenvalue weighted by Crippen LogP contribution is 2.21. The molecule has 1 atom stereocenters. The molecule has 19 heavy (non-hydrogen) atoms. The topological polar surface area (TPSA) is 83.5 Å². The molecule has 1 aromatic rings. The lowest BCUT2D eigenvalue weighted by Gasteiger charge is -2.24. The van der Waals surface area contributed by atoms with Gasteiger partial charge in [-0.05, 0) is 25.5 Å². The van der Waals surface area contributed by atoms with Gasteiger partial charge in [-0.25, -0.2) is 17.2 Å². The SMILES string of the molecule is CCC(C)(NS(=O)(=O)c1c(F)cccc1F)C(=O)O.